The molecule has 16 heavy (non-hydrogen) atoms. The molecule has 1 saturated carbocycles. The van der Waals surface area contributed by atoms with Crippen molar-refractivity contribution in [2.24, 2.45) is 0 Å². The summed E-state index contributed by atoms with van der Waals surface area (Å²) in [6.45, 7) is 4.06. The van der Waals surface area contributed by atoms with Crippen LogP contribution in [0.25, 0.3) is 0 Å². The van der Waals surface area contributed by atoms with E-state index in [2.05, 4.69) is 12.2 Å². The average Bonchev–Trinajstić information content (AvgIpc) is 3.01. The minimum absolute atomic E-state index is 0.0158. The molecule has 1 aromatic heterocycles. The molecule has 1 fully saturated rings. The number of nitrogens with two attached hydrogens (primary N) is 1. The largest absolute Gasteiger partial charge is 0.397 e. The van der Waals surface area contributed by atoms with Crippen LogP contribution in [0.3, 0.4) is 0 Å². The Morgan fingerprint density at radius 3 is 2.94 bits per heavy atom. The maximum absolute atomic E-state index is 12.0. The van der Waals surface area contributed by atoms with Crippen molar-refractivity contribution in [1.82, 2.24) is 9.88 Å². The Labute approximate surface area is 95.8 Å². The van der Waals surface area contributed by atoms with Crippen molar-refractivity contribution in [1.29, 1.82) is 0 Å². The van der Waals surface area contributed by atoms with Crippen molar-refractivity contribution < 1.29 is 4.79 Å². The van der Waals surface area contributed by atoms with Gasteiger partial charge in [-0.2, -0.15) is 0 Å². The normalized spacial score (nSPS) is 17.1. The summed E-state index contributed by atoms with van der Waals surface area (Å²) >= 11 is 0. The maximum atomic E-state index is 12.0. The van der Waals surface area contributed by atoms with Crippen molar-refractivity contribution >= 4 is 11.6 Å². The van der Waals surface area contributed by atoms with Crippen molar-refractivity contribution in [3.05, 3.63) is 18.0 Å². The molecule has 1 heterocycles. The Morgan fingerprint density at radius 1 is 1.69 bits per heavy atom. The summed E-state index contributed by atoms with van der Waals surface area (Å²) in [5, 5.41) is 2.97. The van der Waals surface area contributed by atoms with Gasteiger partial charge < -0.3 is 15.6 Å². The van der Waals surface area contributed by atoms with Crippen LogP contribution in [0.1, 0.15) is 49.6 Å². The van der Waals surface area contributed by atoms with Gasteiger partial charge in [-0.1, -0.05) is 6.92 Å². The van der Waals surface area contributed by atoms with Gasteiger partial charge in [-0.15, -0.1) is 0 Å². The van der Waals surface area contributed by atoms with E-state index in [0.717, 1.165) is 19.3 Å². The highest BCUT2D eigenvalue weighted by Crippen LogP contribution is 2.37. The van der Waals surface area contributed by atoms with Crippen LogP contribution in [-0.2, 0) is 0 Å². The zero-order valence-corrected chi connectivity index (χ0v) is 9.86. The van der Waals surface area contributed by atoms with Crippen LogP contribution in [0, 0.1) is 0 Å². The first-order valence-corrected chi connectivity index (χ1v) is 5.90. The second-order valence-corrected chi connectivity index (χ2v) is 4.58. The highest BCUT2D eigenvalue weighted by molar-refractivity contribution is 5.94. The van der Waals surface area contributed by atoms with E-state index >= 15 is 0 Å². The van der Waals surface area contributed by atoms with Crippen molar-refractivity contribution in [3.63, 3.8) is 0 Å². The Hall–Kier alpha value is -1.45. The molecule has 2 rings (SSSR count). The zero-order chi connectivity index (χ0) is 11.7. The molecule has 4 heteroatoms. The van der Waals surface area contributed by atoms with E-state index in [0.29, 0.717) is 17.4 Å². The minimum atomic E-state index is -0.0158. The molecular formula is C12H19N3O. The quantitative estimate of drug-likeness (QED) is 0.816. The van der Waals surface area contributed by atoms with Gasteiger partial charge in [0.2, 0.25) is 0 Å². The molecule has 1 aliphatic carbocycles. The van der Waals surface area contributed by atoms with Gasteiger partial charge in [0, 0.05) is 18.3 Å². The lowest BCUT2D eigenvalue weighted by Gasteiger charge is -2.12. The zero-order valence-electron chi connectivity index (χ0n) is 9.86. The first-order valence-electron chi connectivity index (χ1n) is 5.90. The topological polar surface area (TPSA) is 60.1 Å². The third kappa shape index (κ3) is 2.21. The summed E-state index contributed by atoms with van der Waals surface area (Å²) in [7, 11) is 0. The molecular weight excluding hydrogens is 202 g/mol. The number of hydrogen-bond donors (Lipinski definition) is 2. The average molecular weight is 221 g/mol. The fourth-order valence-electron chi connectivity index (χ4n) is 1.74. The number of rotatable bonds is 4. The first-order chi connectivity index (χ1) is 7.61. The SMILES string of the molecule is CCC(C)NC(=O)c1cc(N)cn1C1CC1. The molecule has 0 bridgehead atoms. The summed E-state index contributed by atoms with van der Waals surface area (Å²) < 4.78 is 2.01. The third-order valence-corrected chi connectivity index (χ3v) is 3.03. The van der Waals surface area contributed by atoms with Crippen LogP contribution in [0.15, 0.2) is 12.3 Å². The van der Waals surface area contributed by atoms with E-state index in [1.165, 1.54) is 0 Å². The third-order valence-electron chi connectivity index (χ3n) is 3.03. The molecule has 0 aromatic carbocycles. The lowest BCUT2D eigenvalue weighted by atomic mass is 10.2. The van der Waals surface area contributed by atoms with Gasteiger partial charge in [-0.25, -0.2) is 0 Å². The number of anilines is 1. The van der Waals surface area contributed by atoms with Gasteiger partial charge in [0.05, 0.1) is 5.69 Å². The number of carbonyl (C=O) groups is 1. The van der Waals surface area contributed by atoms with E-state index in [-0.39, 0.29) is 11.9 Å². The molecule has 1 aliphatic rings. The van der Waals surface area contributed by atoms with Crippen LogP contribution in [-0.4, -0.2) is 16.5 Å². The Bertz CT molecular complexity index is 393. The van der Waals surface area contributed by atoms with E-state index in [1.54, 1.807) is 6.07 Å². The van der Waals surface area contributed by atoms with Crippen LogP contribution in [0.2, 0.25) is 0 Å². The van der Waals surface area contributed by atoms with Crippen LogP contribution >= 0.6 is 0 Å². The Morgan fingerprint density at radius 2 is 2.38 bits per heavy atom. The van der Waals surface area contributed by atoms with Gasteiger partial charge in [-0.3, -0.25) is 4.79 Å². The maximum Gasteiger partial charge on any atom is 0.268 e. The van der Waals surface area contributed by atoms with Gasteiger partial charge >= 0.3 is 0 Å². The predicted octanol–water partition coefficient (Wildman–Crippen LogP) is 1.93. The molecule has 1 aromatic rings. The fraction of sp³-hybridized carbons (Fsp3) is 0.583. The lowest BCUT2D eigenvalue weighted by Crippen LogP contribution is -2.33. The summed E-state index contributed by atoms with van der Waals surface area (Å²) in [5.41, 5.74) is 7.11. The van der Waals surface area contributed by atoms with E-state index in [1.807, 2.05) is 17.7 Å². The van der Waals surface area contributed by atoms with Crippen molar-refractivity contribution in [2.45, 2.75) is 45.2 Å². The van der Waals surface area contributed by atoms with Gasteiger partial charge in [0.15, 0.2) is 0 Å². The van der Waals surface area contributed by atoms with Crippen LogP contribution in [0.5, 0.6) is 0 Å². The summed E-state index contributed by atoms with van der Waals surface area (Å²) in [5.74, 6) is -0.0158. The van der Waals surface area contributed by atoms with Gasteiger partial charge in [0.25, 0.3) is 5.91 Å². The second kappa shape index (κ2) is 4.20. The standard InChI is InChI=1S/C12H19N3O/c1-3-8(2)14-12(16)11-6-9(13)7-15(11)10-4-5-10/h6-8,10H,3-5,13H2,1-2H3,(H,14,16). The van der Waals surface area contributed by atoms with E-state index in [4.69, 9.17) is 5.73 Å². The van der Waals surface area contributed by atoms with Gasteiger partial charge in [0.1, 0.15) is 5.69 Å². The lowest BCUT2D eigenvalue weighted by molar-refractivity contribution is 0.0929. The molecule has 0 radical (unpaired) electrons. The predicted molar refractivity (Wildman–Crippen MR) is 64.3 cm³/mol. The number of amides is 1. The Balaban J connectivity index is 2.15. The van der Waals surface area contributed by atoms with Crippen LogP contribution in [0.4, 0.5) is 5.69 Å². The summed E-state index contributed by atoms with van der Waals surface area (Å²) in [6, 6.07) is 2.45. The highest BCUT2D eigenvalue weighted by Gasteiger charge is 2.27. The monoisotopic (exact) mass is 221 g/mol. The molecule has 1 atom stereocenters. The minimum Gasteiger partial charge on any atom is -0.397 e. The fourth-order valence-corrected chi connectivity index (χ4v) is 1.74. The highest BCUT2D eigenvalue weighted by atomic mass is 16.2. The molecule has 4 nitrogen and oxygen atoms in total. The van der Waals surface area contributed by atoms with E-state index in [9.17, 15) is 4.79 Å². The van der Waals surface area contributed by atoms with Crippen LogP contribution < -0.4 is 11.1 Å². The number of nitrogens with one attached hydrogen (secondary N) is 1. The number of nitrogens with zero attached hydrogens (tertiary/aromatic N) is 1. The van der Waals surface area contributed by atoms with Gasteiger partial charge in [-0.05, 0) is 32.3 Å². The molecule has 0 aliphatic heterocycles. The number of carbonyl (C=O) groups excluding carboxylic acids is 1. The molecule has 88 valence electrons. The molecule has 1 unspecified atom stereocenters. The first kappa shape index (κ1) is 11.0. The number of hydrogen-bond acceptors (Lipinski definition) is 2. The number of aromatic nitrogens is 1. The summed E-state index contributed by atoms with van der Waals surface area (Å²) in [4.78, 5) is 12.0. The smallest absolute Gasteiger partial charge is 0.268 e. The molecule has 0 saturated heterocycles. The number of nitrogen functional groups attached to an aromatic ring is 1. The second-order valence-electron chi connectivity index (χ2n) is 4.58. The summed E-state index contributed by atoms with van der Waals surface area (Å²) in [6.07, 6.45) is 5.10. The van der Waals surface area contributed by atoms with Crippen molar-refractivity contribution in [3.8, 4) is 0 Å². The molecule has 1 amide bonds. The van der Waals surface area contributed by atoms with Crippen molar-refractivity contribution in [2.75, 3.05) is 5.73 Å². The Kier molecular flexibility index (Phi) is 2.90. The molecule has 3 N–H and O–H groups in total. The molecule has 0 spiro atoms. The van der Waals surface area contributed by atoms with E-state index < -0.39 is 0 Å².